The molecule has 0 radical (unpaired) electrons. The lowest BCUT2D eigenvalue weighted by Crippen LogP contribution is -2.45. The summed E-state index contributed by atoms with van der Waals surface area (Å²) in [6.45, 7) is 0. The van der Waals surface area contributed by atoms with Crippen molar-refractivity contribution in [2.24, 2.45) is 11.6 Å². The largest absolute Gasteiger partial charge is 0.397 e. The number of carbonyl (C=O) groups excluding carboxylic acids is 1. The molecule has 80 valence electrons. The Morgan fingerprint density at radius 2 is 1.93 bits per heavy atom. The van der Waals surface area contributed by atoms with Crippen molar-refractivity contribution in [2.45, 2.75) is 0 Å². The van der Waals surface area contributed by atoms with E-state index in [1.165, 1.54) is 6.07 Å². The summed E-state index contributed by atoms with van der Waals surface area (Å²) >= 11 is 4.56. The molecule has 0 bridgehead atoms. The highest BCUT2D eigenvalue weighted by atomic mass is 32.1. The monoisotopic (exact) mass is 225 g/mol. The van der Waals surface area contributed by atoms with E-state index in [0.717, 1.165) is 0 Å². The lowest BCUT2D eigenvalue weighted by molar-refractivity contribution is 0.0849. The Bertz CT molecular complexity index is 419. The van der Waals surface area contributed by atoms with Gasteiger partial charge in [0.05, 0.1) is 16.9 Å². The molecule has 0 saturated heterocycles. The van der Waals surface area contributed by atoms with Crippen molar-refractivity contribution >= 4 is 34.6 Å². The summed E-state index contributed by atoms with van der Waals surface area (Å²) in [7, 11) is 0. The minimum absolute atomic E-state index is 0.161. The summed E-state index contributed by atoms with van der Waals surface area (Å²) in [6.07, 6.45) is 0. The number of nitrogen functional groups attached to an aromatic ring is 2. The SMILES string of the molecule is NC(=S)N(N)C(=O)c1cccc(N)c1N. The van der Waals surface area contributed by atoms with Crippen LogP contribution >= 0.6 is 12.2 Å². The van der Waals surface area contributed by atoms with E-state index in [0.29, 0.717) is 10.7 Å². The van der Waals surface area contributed by atoms with E-state index in [4.69, 9.17) is 23.0 Å². The van der Waals surface area contributed by atoms with Gasteiger partial charge in [-0.15, -0.1) is 0 Å². The van der Waals surface area contributed by atoms with Gasteiger partial charge in [-0.1, -0.05) is 6.07 Å². The van der Waals surface area contributed by atoms with Crippen LogP contribution in [0.5, 0.6) is 0 Å². The van der Waals surface area contributed by atoms with Crippen molar-refractivity contribution in [3.63, 3.8) is 0 Å². The molecule has 0 unspecified atom stereocenters. The molecule has 1 aromatic carbocycles. The number of anilines is 2. The Labute approximate surface area is 91.8 Å². The summed E-state index contributed by atoms with van der Waals surface area (Å²) in [5.41, 5.74) is 17.0. The molecule has 0 aliphatic rings. The van der Waals surface area contributed by atoms with E-state index >= 15 is 0 Å². The van der Waals surface area contributed by atoms with Crippen LogP contribution in [0.3, 0.4) is 0 Å². The van der Waals surface area contributed by atoms with E-state index in [9.17, 15) is 4.79 Å². The summed E-state index contributed by atoms with van der Waals surface area (Å²) in [4.78, 5) is 11.7. The summed E-state index contributed by atoms with van der Waals surface area (Å²) in [6, 6.07) is 4.66. The summed E-state index contributed by atoms with van der Waals surface area (Å²) in [5.74, 6) is 4.74. The first-order valence-electron chi connectivity index (χ1n) is 3.97. The van der Waals surface area contributed by atoms with Crippen LogP contribution in [0.1, 0.15) is 10.4 Å². The highest BCUT2D eigenvalue weighted by Gasteiger charge is 2.17. The normalized spacial score (nSPS) is 9.67. The molecular weight excluding hydrogens is 214 g/mol. The quantitative estimate of drug-likeness (QED) is 0.166. The fourth-order valence-corrected chi connectivity index (χ4v) is 1.08. The Morgan fingerprint density at radius 1 is 1.33 bits per heavy atom. The fourth-order valence-electron chi connectivity index (χ4n) is 0.999. The third-order valence-electron chi connectivity index (χ3n) is 1.83. The van der Waals surface area contributed by atoms with Crippen molar-refractivity contribution in [1.82, 2.24) is 5.01 Å². The lowest BCUT2D eigenvalue weighted by Gasteiger charge is -2.15. The number of hydrogen-bond acceptors (Lipinski definition) is 5. The fraction of sp³-hybridized carbons (Fsp3) is 0. The first kappa shape index (κ1) is 11.2. The number of nitrogens with two attached hydrogens (primary N) is 4. The van der Waals surface area contributed by atoms with Gasteiger partial charge in [0.2, 0.25) is 0 Å². The molecule has 0 aliphatic carbocycles. The maximum Gasteiger partial charge on any atom is 0.276 e. The summed E-state index contributed by atoms with van der Waals surface area (Å²) < 4.78 is 0. The minimum Gasteiger partial charge on any atom is -0.397 e. The number of thiocarbonyl (C=S) groups is 1. The first-order chi connectivity index (χ1) is 6.95. The zero-order chi connectivity index (χ0) is 11.6. The zero-order valence-corrected chi connectivity index (χ0v) is 8.62. The van der Waals surface area contributed by atoms with Gasteiger partial charge in [0.1, 0.15) is 0 Å². The zero-order valence-electron chi connectivity index (χ0n) is 7.81. The van der Waals surface area contributed by atoms with E-state index in [2.05, 4.69) is 12.2 Å². The standard InChI is InChI=1S/C8H11N5OS/c9-5-3-1-2-4(6(5)10)7(14)13(12)8(11)15/h1-3H,9-10,12H2,(H2,11,15). The van der Waals surface area contributed by atoms with Crippen molar-refractivity contribution in [3.8, 4) is 0 Å². The van der Waals surface area contributed by atoms with Gasteiger partial charge in [0.15, 0.2) is 5.11 Å². The molecular formula is C8H11N5OS. The maximum absolute atomic E-state index is 11.7. The Morgan fingerprint density at radius 3 is 2.47 bits per heavy atom. The predicted octanol–water partition coefficient (Wildman–Crippen LogP) is -0.589. The van der Waals surface area contributed by atoms with Gasteiger partial charge in [-0.2, -0.15) is 0 Å². The summed E-state index contributed by atoms with van der Waals surface area (Å²) in [5, 5.41) is 0.405. The highest BCUT2D eigenvalue weighted by Crippen LogP contribution is 2.20. The third kappa shape index (κ3) is 2.14. The molecule has 0 saturated carbocycles. The smallest absolute Gasteiger partial charge is 0.276 e. The van der Waals surface area contributed by atoms with Crippen molar-refractivity contribution in [1.29, 1.82) is 0 Å². The minimum atomic E-state index is -0.590. The molecule has 1 amide bonds. The Kier molecular flexibility index (Phi) is 3.08. The average Bonchev–Trinajstić information content (AvgIpc) is 2.20. The number of nitrogens with zero attached hydrogens (tertiary/aromatic N) is 1. The predicted molar refractivity (Wildman–Crippen MR) is 62.4 cm³/mol. The molecule has 15 heavy (non-hydrogen) atoms. The molecule has 0 atom stereocenters. The van der Waals surface area contributed by atoms with E-state index in [1.807, 2.05) is 0 Å². The van der Waals surface area contributed by atoms with Gasteiger partial charge in [-0.25, -0.2) is 10.9 Å². The Hall–Kier alpha value is -1.86. The van der Waals surface area contributed by atoms with Gasteiger partial charge in [0, 0.05) is 0 Å². The second kappa shape index (κ2) is 4.11. The Balaban J connectivity index is 3.12. The molecule has 0 spiro atoms. The second-order valence-electron chi connectivity index (χ2n) is 2.82. The molecule has 0 aliphatic heterocycles. The highest BCUT2D eigenvalue weighted by molar-refractivity contribution is 7.80. The molecule has 7 heteroatoms. The van der Waals surface area contributed by atoms with Crippen LogP contribution < -0.4 is 23.0 Å². The number of amides is 1. The van der Waals surface area contributed by atoms with Crippen LogP contribution in [0.2, 0.25) is 0 Å². The number of rotatable bonds is 1. The molecule has 0 aromatic heterocycles. The number of carbonyl (C=O) groups is 1. The number of para-hydroxylation sites is 1. The van der Waals surface area contributed by atoms with Crippen LogP contribution in [0, 0.1) is 0 Å². The maximum atomic E-state index is 11.7. The molecule has 1 aromatic rings. The molecule has 0 heterocycles. The molecule has 0 fully saturated rings. The molecule has 8 N–H and O–H groups in total. The first-order valence-corrected chi connectivity index (χ1v) is 4.38. The lowest BCUT2D eigenvalue weighted by atomic mass is 10.1. The van der Waals surface area contributed by atoms with E-state index < -0.39 is 5.91 Å². The van der Waals surface area contributed by atoms with Gasteiger partial charge < -0.3 is 17.2 Å². The van der Waals surface area contributed by atoms with Crippen LogP contribution in [-0.2, 0) is 0 Å². The second-order valence-corrected chi connectivity index (χ2v) is 3.24. The van der Waals surface area contributed by atoms with E-state index in [1.54, 1.807) is 12.1 Å². The molecule has 1 rings (SSSR count). The van der Waals surface area contributed by atoms with Gasteiger partial charge >= 0.3 is 0 Å². The van der Waals surface area contributed by atoms with Gasteiger partial charge in [0.25, 0.3) is 5.91 Å². The van der Waals surface area contributed by atoms with E-state index in [-0.39, 0.29) is 16.4 Å². The third-order valence-corrected chi connectivity index (χ3v) is 2.02. The van der Waals surface area contributed by atoms with Crippen molar-refractivity contribution in [2.75, 3.05) is 11.5 Å². The van der Waals surface area contributed by atoms with Crippen LogP contribution in [0.4, 0.5) is 11.4 Å². The van der Waals surface area contributed by atoms with Gasteiger partial charge in [-0.05, 0) is 24.4 Å². The van der Waals surface area contributed by atoms with Crippen LogP contribution in [0.15, 0.2) is 18.2 Å². The number of benzene rings is 1. The number of hydrazine groups is 1. The topological polar surface area (TPSA) is 124 Å². The number of hydrogen-bond donors (Lipinski definition) is 4. The van der Waals surface area contributed by atoms with Gasteiger partial charge in [-0.3, -0.25) is 4.79 Å². The van der Waals surface area contributed by atoms with Crippen molar-refractivity contribution < 1.29 is 4.79 Å². The van der Waals surface area contributed by atoms with Crippen molar-refractivity contribution in [3.05, 3.63) is 23.8 Å². The van der Waals surface area contributed by atoms with Crippen LogP contribution in [-0.4, -0.2) is 16.0 Å². The molecule has 6 nitrogen and oxygen atoms in total. The average molecular weight is 225 g/mol. The van der Waals surface area contributed by atoms with Crippen LogP contribution in [0.25, 0.3) is 0 Å².